The Morgan fingerprint density at radius 3 is 2.83 bits per heavy atom. The second-order valence-corrected chi connectivity index (χ2v) is 6.98. The molecule has 1 N–H and O–H groups in total. The molecule has 1 aromatic carbocycles. The summed E-state index contributed by atoms with van der Waals surface area (Å²) in [5.74, 6) is 1.55. The first kappa shape index (κ1) is 16.0. The van der Waals surface area contributed by atoms with Gasteiger partial charge in [0.05, 0.1) is 5.75 Å². The van der Waals surface area contributed by atoms with Gasteiger partial charge in [-0.05, 0) is 24.3 Å². The molecule has 0 amide bonds. The molecule has 0 atom stereocenters. The van der Waals surface area contributed by atoms with Crippen LogP contribution in [-0.4, -0.2) is 26.9 Å². The van der Waals surface area contributed by atoms with Crippen LogP contribution in [0.15, 0.2) is 45.7 Å². The first-order chi connectivity index (χ1) is 11.2. The van der Waals surface area contributed by atoms with Crippen molar-refractivity contribution in [3.63, 3.8) is 0 Å². The maximum absolute atomic E-state index is 5.86. The fourth-order valence-electron chi connectivity index (χ4n) is 1.64. The van der Waals surface area contributed by atoms with E-state index in [2.05, 4.69) is 32.3 Å². The van der Waals surface area contributed by atoms with E-state index in [9.17, 15) is 0 Å². The maximum atomic E-state index is 5.86. The summed E-state index contributed by atoms with van der Waals surface area (Å²) in [5.41, 5.74) is 0.838. The van der Waals surface area contributed by atoms with Gasteiger partial charge in [-0.1, -0.05) is 40.8 Å². The molecule has 0 aliphatic heterocycles. The van der Waals surface area contributed by atoms with E-state index >= 15 is 0 Å². The molecule has 0 saturated heterocycles. The minimum Gasteiger partial charge on any atom is -0.420 e. The van der Waals surface area contributed by atoms with E-state index in [0.29, 0.717) is 29.1 Å². The average Bonchev–Trinajstić information content (AvgIpc) is 3.21. The Morgan fingerprint density at radius 1 is 1.22 bits per heavy atom. The number of hydrogen-bond donors (Lipinski definition) is 1. The summed E-state index contributed by atoms with van der Waals surface area (Å²) in [5, 5.41) is 20.7. The lowest BCUT2D eigenvalue weighted by Gasteiger charge is -1.94. The van der Waals surface area contributed by atoms with Crippen molar-refractivity contribution in [3.8, 4) is 11.5 Å². The third kappa shape index (κ3) is 4.31. The number of nitrogens with one attached hydrogen (secondary N) is 1. The maximum Gasteiger partial charge on any atom is 0.247 e. The highest BCUT2D eigenvalue weighted by Gasteiger charge is 2.11. The van der Waals surface area contributed by atoms with E-state index in [1.165, 1.54) is 23.1 Å². The van der Waals surface area contributed by atoms with E-state index in [-0.39, 0.29) is 0 Å². The number of anilines is 1. The van der Waals surface area contributed by atoms with Crippen molar-refractivity contribution >= 4 is 39.8 Å². The van der Waals surface area contributed by atoms with Gasteiger partial charge in [-0.25, -0.2) is 0 Å². The van der Waals surface area contributed by atoms with Gasteiger partial charge >= 0.3 is 0 Å². The van der Waals surface area contributed by atoms with E-state index in [0.717, 1.165) is 15.0 Å². The van der Waals surface area contributed by atoms with E-state index in [4.69, 9.17) is 16.0 Å². The molecule has 0 spiro atoms. The Bertz CT molecular complexity index is 787. The highest BCUT2D eigenvalue weighted by atomic mass is 35.5. The number of benzene rings is 1. The zero-order chi connectivity index (χ0) is 16.1. The first-order valence-electron chi connectivity index (χ1n) is 6.64. The third-order valence-electron chi connectivity index (χ3n) is 2.68. The van der Waals surface area contributed by atoms with Crippen molar-refractivity contribution in [2.45, 2.75) is 10.1 Å². The van der Waals surface area contributed by atoms with Crippen LogP contribution in [0.3, 0.4) is 0 Å². The van der Waals surface area contributed by atoms with Crippen LogP contribution in [0.25, 0.3) is 11.5 Å². The zero-order valence-corrected chi connectivity index (χ0v) is 14.3. The van der Waals surface area contributed by atoms with Crippen LogP contribution in [0.5, 0.6) is 0 Å². The normalized spacial score (nSPS) is 10.7. The molecule has 2 heterocycles. The van der Waals surface area contributed by atoms with Crippen LogP contribution >= 0.6 is 34.7 Å². The molecule has 0 unspecified atom stereocenters. The number of thioether (sulfide) groups is 1. The predicted octanol–water partition coefficient (Wildman–Crippen LogP) is 4.13. The SMILES string of the molecule is C=CCNc1nnc(SCc2nnc(-c3ccc(Cl)cc3)o2)s1. The first-order valence-corrected chi connectivity index (χ1v) is 8.82. The summed E-state index contributed by atoms with van der Waals surface area (Å²) < 4.78 is 6.48. The summed E-state index contributed by atoms with van der Waals surface area (Å²) in [6, 6.07) is 7.26. The van der Waals surface area contributed by atoms with Crippen LogP contribution in [0.2, 0.25) is 5.02 Å². The van der Waals surface area contributed by atoms with Gasteiger partial charge in [-0.2, -0.15) is 0 Å². The summed E-state index contributed by atoms with van der Waals surface area (Å²) in [7, 11) is 0. The fraction of sp³-hybridized carbons (Fsp3) is 0.143. The predicted molar refractivity (Wildman–Crippen MR) is 92.9 cm³/mol. The van der Waals surface area contributed by atoms with Crippen LogP contribution < -0.4 is 5.32 Å². The lowest BCUT2D eigenvalue weighted by atomic mass is 10.2. The Labute approximate surface area is 146 Å². The van der Waals surface area contributed by atoms with Crippen molar-refractivity contribution in [3.05, 3.63) is 47.8 Å². The Balaban J connectivity index is 1.59. The van der Waals surface area contributed by atoms with E-state index in [1.54, 1.807) is 18.2 Å². The number of halogens is 1. The van der Waals surface area contributed by atoms with E-state index in [1.807, 2.05) is 12.1 Å². The molecule has 0 fully saturated rings. The molecule has 23 heavy (non-hydrogen) atoms. The Kier molecular flexibility index (Phi) is 5.27. The van der Waals surface area contributed by atoms with Gasteiger partial charge in [0.2, 0.25) is 16.9 Å². The Hall–Kier alpha value is -1.90. The molecule has 3 rings (SSSR count). The molecule has 3 aromatic rings. The van der Waals surface area contributed by atoms with E-state index < -0.39 is 0 Å². The second kappa shape index (κ2) is 7.58. The lowest BCUT2D eigenvalue weighted by Crippen LogP contribution is -1.96. The standard InChI is InChI=1S/C14H12ClN5OS2/c1-2-7-16-13-19-20-14(23-13)22-8-11-17-18-12(21-11)9-3-5-10(15)6-4-9/h2-6H,1,7-8H2,(H,16,19). The van der Waals surface area contributed by atoms with Gasteiger partial charge in [-0.15, -0.1) is 27.0 Å². The number of nitrogens with zero attached hydrogens (tertiary/aromatic N) is 4. The van der Waals surface area contributed by atoms with Crippen molar-refractivity contribution < 1.29 is 4.42 Å². The monoisotopic (exact) mass is 365 g/mol. The smallest absolute Gasteiger partial charge is 0.247 e. The molecule has 6 nitrogen and oxygen atoms in total. The minimum absolute atomic E-state index is 0.475. The molecule has 118 valence electrons. The topological polar surface area (TPSA) is 76.7 Å². The van der Waals surface area contributed by atoms with Gasteiger partial charge in [-0.3, -0.25) is 0 Å². The Morgan fingerprint density at radius 2 is 2.04 bits per heavy atom. The molecule has 0 radical (unpaired) electrons. The van der Waals surface area contributed by atoms with Crippen molar-refractivity contribution in [1.29, 1.82) is 0 Å². The van der Waals surface area contributed by atoms with Gasteiger partial charge in [0, 0.05) is 17.1 Å². The molecule has 0 saturated carbocycles. The molecular weight excluding hydrogens is 354 g/mol. The summed E-state index contributed by atoms with van der Waals surface area (Å²) in [6.07, 6.45) is 1.77. The zero-order valence-electron chi connectivity index (χ0n) is 11.9. The number of rotatable bonds is 7. The molecule has 0 aliphatic carbocycles. The lowest BCUT2D eigenvalue weighted by molar-refractivity contribution is 0.528. The average molecular weight is 366 g/mol. The van der Waals surface area contributed by atoms with Crippen molar-refractivity contribution in [2.75, 3.05) is 11.9 Å². The largest absolute Gasteiger partial charge is 0.420 e. The fourth-order valence-corrected chi connectivity index (χ4v) is 3.37. The quantitative estimate of drug-likeness (QED) is 0.498. The van der Waals surface area contributed by atoms with Crippen molar-refractivity contribution in [2.24, 2.45) is 0 Å². The summed E-state index contributed by atoms with van der Waals surface area (Å²) in [6.45, 7) is 4.30. The molecule has 9 heteroatoms. The summed E-state index contributed by atoms with van der Waals surface area (Å²) >= 11 is 8.84. The highest BCUT2D eigenvalue weighted by molar-refractivity contribution is 8.00. The van der Waals surface area contributed by atoms with Gasteiger partial charge in [0.1, 0.15) is 0 Å². The van der Waals surface area contributed by atoms with Crippen LogP contribution in [-0.2, 0) is 5.75 Å². The molecule has 0 bridgehead atoms. The third-order valence-corrected chi connectivity index (χ3v) is 4.93. The van der Waals surface area contributed by atoms with Gasteiger partial charge < -0.3 is 9.73 Å². The second-order valence-electron chi connectivity index (χ2n) is 4.34. The highest BCUT2D eigenvalue weighted by Crippen LogP contribution is 2.29. The molecule has 2 aromatic heterocycles. The number of aromatic nitrogens is 4. The molecular formula is C14H12ClN5OS2. The van der Waals surface area contributed by atoms with Gasteiger partial charge in [0.15, 0.2) is 4.34 Å². The van der Waals surface area contributed by atoms with Crippen LogP contribution in [0.1, 0.15) is 5.89 Å². The van der Waals surface area contributed by atoms with Gasteiger partial charge in [0.25, 0.3) is 0 Å². The minimum atomic E-state index is 0.475. The molecule has 0 aliphatic rings. The number of hydrogen-bond acceptors (Lipinski definition) is 8. The van der Waals surface area contributed by atoms with Crippen molar-refractivity contribution in [1.82, 2.24) is 20.4 Å². The van der Waals surface area contributed by atoms with Crippen LogP contribution in [0, 0.1) is 0 Å². The van der Waals surface area contributed by atoms with Crippen LogP contribution in [0.4, 0.5) is 5.13 Å². The summed E-state index contributed by atoms with van der Waals surface area (Å²) in [4.78, 5) is 0.